The third kappa shape index (κ3) is 6.19. The summed E-state index contributed by atoms with van der Waals surface area (Å²) in [7, 11) is 0. The highest BCUT2D eigenvalue weighted by molar-refractivity contribution is 6.06. The van der Waals surface area contributed by atoms with Gasteiger partial charge in [0.25, 0.3) is 5.91 Å². The number of nitrogens with one attached hydrogen (secondary N) is 1. The summed E-state index contributed by atoms with van der Waals surface area (Å²) in [5.74, 6) is 5.65. The van der Waals surface area contributed by atoms with Crippen molar-refractivity contribution >= 4 is 28.7 Å². The highest BCUT2D eigenvalue weighted by Crippen LogP contribution is 2.36. The molecule has 0 bridgehead atoms. The second kappa shape index (κ2) is 10.9. The van der Waals surface area contributed by atoms with Crippen LogP contribution >= 0.6 is 0 Å². The normalized spacial score (nSPS) is 14.4. The Kier molecular flexibility index (Phi) is 7.65. The van der Waals surface area contributed by atoms with E-state index in [4.69, 9.17) is 16.3 Å². The number of ether oxygens (including phenoxy) is 1. The number of benzene rings is 2. The average Bonchev–Trinajstić information content (AvgIpc) is 2.89. The van der Waals surface area contributed by atoms with Crippen molar-refractivity contribution < 1.29 is 22.7 Å². The van der Waals surface area contributed by atoms with E-state index in [0.717, 1.165) is 17.7 Å². The van der Waals surface area contributed by atoms with Gasteiger partial charge in [-0.05, 0) is 55.0 Å². The number of rotatable bonds is 6. The lowest BCUT2D eigenvalue weighted by Crippen LogP contribution is -2.36. The Labute approximate surface area is 212 Å². The summed E-state index contributed by atoms with van der Waals surface area (Å²) in [6, 6.07) is 11.7. The zero-order valence-corrected chi connectivity index (χ0v) is 20.1. The third-order valence-corrected chi connectivity index (χ3v) is 5.95. The highest BCUT2D eigenvalue weighted by Gasteiger charge is 2.32. The summed E-state index contributed by atoms with van der Waals surface area (Å²) in [6.45, 7) is 3.69. The number of hydrogen-bond donors (Lipinski definition) is 3. The number of alkyl halides is 3. The molecule has 0 saturated carbocycles. The molecule has 0 aliphatic carbocycles. The predicted octanol–water partition coefficient (Wildman–Crippen LogP) is 4.14. The summed E-state index contributed by atoms with van der Waals surface area (Å²) in [6.07, 6.45) is 0.167. The lowest BCUT2D eigenvalue weighted by molar-refractivity contribution is -0.137. The van der Waals surface area contributed by atoms with Crippen molar-refractivity contribution in [3.63, 3.8) is 0 Å². The van der Waals surface area contributed by atoms with Crippen molar-refractivity contribution in [2.75, 3.05) is 41.5 Å². The molecule has 194 valence electrons. The minimum atomic E-state index is -4.55. The number of hydrogen-bond acceptors (Lipinski definition) is 7. The Bertz CT molecular complexity index is 1290. The molecule has 0 atom stereocenters. The topological polar surface area (TPSA) is 110 Å². The molecule has 1 aliphatic heterocycles. The van der Waals surface area contributed by atoms with Gasteiger partial charge in [0.1, 0.15) is 0 Å². The van der Waals surface area contributed by atoms with Gasteiger partial charge >= 0.3 is 6.18 Å². The SMILES string of the molecule is Cc1ccc(C(=O)Nc2cc(C(F)(F)F)ccc2N2CCOCC2)cc1N(N)/C=C(\N)c1cccnc1. The summed E-state index contributed by atoms with van der Waals surface area (Å²) in [5, 5.41) is 3.95. The van der Waals surface area contributed by atoms with E-state index in [1.54, 1.807) is 42.7 Å². The first-order valence-electron chi connectivity index (χ1n) is 11.5. The molecule has 0 spiro atoms. The first kappa shape index (κ1) is 26.0. The fourth-order valence-corrected chi connectivity index (χ4v) is 3.94. The van der Waals surface area contributed by atoms with Crippen molar-refractivity contribution in [3.05, 3.63) is 89.4 Å². The van der Waals surface area contributed by atoms with E-state index in [1.165, 1.54) is 17.3 Å². The van der Waals surface area contributed by atoms with Gasteiger partial charge in [-0.25, -0.2) is 5.84 Å². The van der Waals surface area contributed by atoms with E-state index in [9.17, 15) is 18.0 Å². The zero-order valence-electron chi connectivity index (χ0n) is 20.1. The van der Waals surface area contributed by atoms with Crippen molar-refractivity contribution in [2.45, 2.75) is 13.1 Å². The van der Waals surface area contributed by atoms with Crippen LogP contribution in [0.2, 0.25) is 0 Å². The maximum absolute atomic E-state index is 13.4. The summed E-state index contributed by atoms with van der Waals surface area (Å²) >= 11 is 0. The van der Waals surface area contributed by atoms with Gasteiger partial charge in [0.15, 0.2) is 0 Å². The van der Waals surface area contributed by atoms with Crippen LogP contribution in [0.5, 0.6) is 0 Å². The van der Waals surface area contributed by atoms with Gasteiger partial charge in [0.05, 0.1) is 41.5 Å². The lowest BCUT2D eigenvalue weighted by atomic mass is 10.1. The fourth-order valence-electron chi connectivity index (χ4n) is 3.94. The van der Waals surface area contributed by atoms with Crippen LogP contribution in [0.3, 0.4) is 0 Å². The largest absolute Gasteiger partial charge is 0.416 e. The number of carbonyl (C=O) groups excluding carboxylic acids is 1. The van der Waals surface area contributed by atoms with E-state index in [-0.39, 0.29) is 11.3 Å². The van der Waals surface area contributed by atoms with Crippen LogP contribution in [-0.2, 0) is 10.9 Å². The smallest absolute Gasteiger partial charge is 0.397 e. The molecule has 5 N–H and O–H groups in total. The number of hydrazine groups is 1. The van der Waals surface area contributed by atoms with Crippen LogP contribution in [0.4, 0.5) is 30.2 Å². The van der Waals surface area contributed by atoms with Crippen LogP contribution in [0, 0.1) is 6.92 Å². The van der Waals surface area contributed by atoms with Crippen molar-refractivity contribution in [3.8, 4) is 0 Å². The Balaban J connectivity index is 1.62. The average molecular weight is 513 g/mol. The molecule has 1 amide bonds. The molecule has 2 aromatic carbocycles. The third-order valence-electron chi connectivity index (χ3n) is 5.95. The van der Waals surface area contributed by atoms with Crippen LogP contribution in [-0.4, -0.2) is 37.2 Å². The van der Waals surface area contributed by atoms with E-state index >= 15 is 0 Å². The van der Waals surface area contributed by atoms with Gasteiger partial charge in [-0.3, -0.25) is 14.8 Å². The van der Waals surface area contributed by atoms with Gasteiger partial charge in [0.2, 0.25) is 0 Å². The van der Waals surface area contributed by atoms with Gasteiger partial charge < -0.3 is 20.7 Å². The molecule has 0 unspecified atom stereocenters. The Morgan fingerprint density at radius 1 is 1.14 bits per heavy atom. The standard InChI is InChI=1S/C26H27F3N6O2/c1-17-4-5-18(13-24(17)35(31)16-21(30)19-3-2-8-32-15-19)25(36)33-22-14-20(26(27,28)29)6-7-23(22)34-9-11-37-12-10-34/h2-8,13-16H,9-12,30-31H2,1H3,(H,33,36)/b21-16-. The number of anilines is 3. The minimum absolute atomic E-state index is 0.0640. The first-order valence-corrected chi connectivity index (χ1v) is 11.5. The van der Waals surface area contributed by atoms with Crippen LogP contribution in [0.25, 0.3) is 5.70 Å². The number of morpholine rings is 1. The molecular formula is C26H27F3N6O2. The van der Waals surface area contributed by atoms with Gasteiger partial charge in [-0.2, -0.15) is 13.2 Å². The number of halogens is 3. The van der Waals surface area contributed by atoms with Crippen molar-refractivity contribution in [1.29, 1.82) is 0 Å². The van der Waals surface area contributed by atoms with E-state index in [2.05, 4.69) is 10.3 Å². The van der Waals surface area contributed by atoms with Crippen LogP contribution < -0.4 is 26.8 Å². The first-order chi connectivity index (χ1) is 17.6. The zero-order chi connectivity index (χ0) is 26.6. The highest BCUT2D eigenvalue weighted by atomic mass is 19.4. The van der Waals surface area contributed by atoms with Crippen molar-refractivity contribution in [2.24, 2.45) is 11.6 Å². The molecule has 11 heteroatoms. The Morgan fingerprint density at radius 3 is 2.57 bits per heavy atom. The number of carbonyl (C=O) groups is 1. The molecule has 8 nitrogen and oxygen atoms in total. The molecular weight excluding hydrogens is 485 g/mol. The maximum Gasteiger partial charge on any atom is 0.416 e. The number of nitrogens with two attached hydrogens (primary N) is 2. The monoisotopic (exact) mass is 512 g/mol. The van der Waals surface area contributed by atoms with Crippen molar-refractivity contribution in [1.82, 2.24) is 4.98 Å². The number of pyridine rings is 1. The number of aromatic nitrogens is 1. The minimum Gasteiger partial charge on any atom is -0.397 e. The predicted molar refractivity (Wildman–Crippen MR) is 137 cm³/mol. The summed E-state index contributed by atoms with van der Waals surface area (Å²) in [4.78, 5) is 19.1. The molecule has 3 aromatic rings. The van der Waals surface area contributed by atoms with E-state index in [1.807, 2.05) is 11.8 Å². The number of amides is 1. The molecule has 1 saturated heterocycles. The van der Waals surface area contributed by atoms with Crippen LogP contribution in [0.1, 0.15) is 27.0 Å². The Hall–Kier alpha value is -4.09. The molecule has 1 aliphatic rings. The number of nitrogens with zero attached hydrogens (tertiary/aromatic N) is 3. The summed E-state index contributed by atoms with van der Waals surface area (Å²) in [5.41, 5.74) is 8.35. The maximum atomic E-state index is 13.4. The van der Waals surface area contributed by atoms with E-state index < -0.39 is 17.6 Å². The van der Waals surface area contributed by atoms with Crippen LogP contribution in [0.15, 0.2) is 67.1 Å². The molecule has 37 heavy (non-hydrogen) atoms. The fraction of sp³-hybridized carbons (Fsp3) is 0.231. The molecule has 1 fully saturated rings. The molecule has 2 heterocycles. The van der Waals surface area contributed by atoms with Gasteiger partial charge in [-0.1, -0.05) is 6.07 Å². The summed E-state index contributed by atoms with van der Waals surface area (Å²) < 4.78 is 45.6. The quantitative estimate of drug-likeness (QED) is 0.337. The molecule has 1 aromatic heterocycles. The van der Waals surface area contributed by atoms with E-state index in [0.29, 0.717) is 48.9 Å². The number of aryl methyl sites for hydroxylation is 1. The molecule has 0 radical (unpaired) electrons. The second-order valence-corrected chi connectivity index (χ2v) is 8.52. The van der Waals surface area contributed by atoms with Gasteiger partial charge in [0, 0.05) is 42.8 Å². The van der Waals surface area contributed by atoms with Gasteiger partial charge in [-0.15, -0.1) is 0 Å². The molecule has 4 rings (SSSR count). The Morgan fingerprint density at radius 2 is 1.89 bits per heavy atom. The lowest BCUT2D eigenvalue weighted by Gasteiger charge is -2.31. The second-order valence-electron chi connectivity index (χ2n) is 8.52.